The molecule has 1 aliphatic heterocycles. The first-order valence-corrected chi connectivity index (χ1v) is 4.55. The molecule has 1 atom stereocenters. The first kappa shape index (κ1) is 10.3. The number of hydrogen-bond acceptors (Lipinski definition) is 3. The number of carbonyl (C=O) groups excluding carboxylic acids is 1. The third-order valence-corrected chi connectivity index (χ3v) is 2.16. The van der Waals surface area contributed by atoms with E-state index in [-0.39, 0.29) is 11.2 Å². The van der Waals surface area contributed by atoms with Crippen LogP contribution in [0.4, 0.5) is 0 Å². The molecule has 0 aromatic heterocycles. The molecule has 1 rings (SSSR count). The fraction of sp³-hybridized carbons (Fsp3) is 0.700. The summed E-state index contributed by atoms with van der Waals surface area (Å²) in [5.41, 5.74) is 5.60. The number of ether oxygens (including phenoxy) is 1. The van der Waals surface area contributed by atoms with Crippen molar-refractivity contribution < 1.29 is 9.53 Å². The third kappa shape index (κ3) is 2.31. The van der Waals surface area contributed by atoms with Crippen LogP contribution in [0.25, 0.3) is 0 Å². The van der Waals surface area contributed by atoms with Crippen LogP contribution in [-0.2, 0) is 9.53 Å². The van der Waals surface area contributed by atoms with Gasteiger partial charge in [-0.05, 0) is 11.5 Å². The minimum absolute atomic E-state index is 0.0787. The summed E-state index contributed by atoms with van der Waals surface area (Å²) in [6.07, 6.45) is 2.63. The molecule has 0 saturated heterocycles. The predicted octanol–water partition coefficient (Wildman–Crippen LogP) is 1.23. The van der Waals surface area contributed by atoms with Crippen molar-refractivity contribution in [1.82, 2.24) is 0 Å². The molecule has 0 saturated carbocycles. The lowest BCUT2D eigenvalue weighted by Gasteiger charge is -2.25. The van der Waals surface area contributed by atoms with E-state index < -0.39 is 6.04 Å². The van der Waals surface area contributed by atoms with Gasteiger partial charge < -0.3 is 10.5 Å². The summed E-state index contributed by atoms with van der Waals surface area (Å²) in [6, 6.07) is -0.475. The van der Waals surface area contributed by atoms with Crippen LogP contribution in [0, 0.1) is 5.41 Å². The highest BCUT2D eigenvalue weighted by Crippen LogP contribution is 2.22. The van der Waals surface area contributed by atoms with Crippen LogP contribution in [0.3, 0.4) is 0 Å². The lowest BCUT2D eigenvalue weighted by Crippen LogP contribution is -2.43. The smallest absolute Gasteiger partial charge is 0.214 e. The van der Waals surface area contributed by atoms with Crippen molar-refractivity contribution >= 4 is 5.78 Å². The molecule has 3 heteroatoms. The quantitative estimate of drug-likeness (QED) is 0.700. The molecule has 0 radical (unpaired) electrons. The van der Waals surface area contributed by atoms with E-state index in [1.807, 2.05) is 26.8 Å². The van der Waals surface area contributed by atoms with Crippen molar-refractivity contribution in [3.05, 3.63) is 11.8 Å². The van der Waals surface area contributed by atoms with Crippen LogP contribution in [0.15, 0.2) is 11.8 Å². The molecule has 0 aromatic carbocycles. The van der Waals surface area contributed by atoms with Gasteiger partial charge in [-0.3, -0.25) is 4.79 Å². The van der Waals surface area contributed by atoms with Crippen LogP contribution >= 0.6 is 0 Å². The Morgan fingerprint density at radius 1 is 1.62 bits per heavy atom. The summed E-state index contributed by atoms with van der Waals surface area (Å²) in [4.78, 5) is 11.7. The van der Waals surface area contributed by atoms with Crippen molar-refractivity contribution in [2.24, 2.45) is 11.1 Å². The van der Waals surface area contributed by atoms with E-state index in [0.29, 0.717) is 12.4 Å². The van der Waals surface area contributed by atoms with Crippen LogP contribution < -0.4 is 5.73 Å². The van der Waals surface area contributed by atoms with Gasteiger partial charge in [0.1, 0.15) is 0 Å². The van der Waals surface area contributed by atoms with E-state index >= 15 is 0 Å². The molecule has 0 bridgehead atoms. The normalized spacial score (nSPS) is 19.2. The third-order valence-electron chi connectivity index (χ3n) is 2.16. The summed E-state index contributed by atoms with van der Waals surface area (Å²) >= 11 is 0. The summed E-state index contributed by atoms with van der Waals surface area (Å²) in [7, 11) is 0. The highest BCUT2D eigenvalue weighted by Gasteiger charge is 2.31. The minimum atomic E-state index is -0.475. The van der Waals surface area contributed by atoms with Gasteiger partial charge in [-0.25, -0.2) is 0 Å². The Morgan fingerprint density at radius 2 is 2.23 bits per heavy atom. The summed E-state index contributed by atoms with van der Waals surface area (Å²) in [5.74, 6) is 0.368. The van der Waals surface area contributed by atoms with E-state index in [1.165, 1.54) is 0 Å². The van der Waals surface area contributed by atoms with Gasteiger partial charge in [0.05, 0.1) is 12.6 Å². The van der Waals surface area contributed by atoms with Gasteiger partial charge in [-0.1, -0.05) is 20.8 Å². The van der Waals surface area contributed by atoms with E-state index in [9.17, 15) is 4.79 Å². The summed E-state index contributed by atoms with van der Waals surface area (Å²) in [6.45, 7) is 6.46. The molecule has 0 spiro atoms. The molecular weight excluding hydrogens is 166 g/mol. The first-order chi connectivity index (χ1) is 5.93. The molecule has 0 aromatic rings. The summed E-state index contributed by atoms with van der Waals surface area (Å²) in [5, 5.41) is 0. The number of carbonyl (C=O) groups is 1. The zero-order chi connectivity index (χ0) is 10.1. The van der Waals surface area contributed by atoms with Crippen molar-refractivity contribution in [2.45, 2.75) is 33.2 Å². The molecule has 0 fully saturated rings. The van der Waals surface area contributed by atoms with Crippen LogP contribution in [0.5, 0.6) is 0 Å². The van der Waals surface area contributed by atoms with Crippen LogP contribution in [0.1, 0.15) is 27.2 Å². The van der Waals surface area contributed by atoms with Gasteiger partial charge in [0.2, 0.25) is 5.78 Å². The Labute approximate surface area is 78.9 Å². The van der Waals surface area contributed by atoms with E-state index in [1.54, 1.807) is 0 Å². The Balaban J connectivity index is 2.67. The zero-order valence-electron chi connectivity index (χ0n) is 8.46. The Hall–Kier alpha value is -0.830. The number of Topliss-reactive ketones (excluding diaryl/α,β-unsaturated/α-hetero) is 1. The van der Waals surface area contributed by atoms with Crippen LogP contribution in [-0.4, -0.2) is 18.4 Å². The van der Waals surface area contributed by atoms with Crippen LogP contribution in [0.2, 0.25) is 0 Å². The van der Waals surface area contributed by atoms with Crippen molar-refractivity contribution in [3.63, 3.8) is 0 Å². The molecular formula is C10H17NO2. The van der Waals surface area contributed by atoms with Gasteiger partial charge in [0.15, 0.2) is 5.76 Å². The number of ketones is 1. The number of nitrogens with two attached hydrogens (primary N) is 1. The van der Waals surface area contributed by atoms with Crippen molar-refractivity contribution in [1.29, 1.82) is 0 Å². The van der Waals surface area contributed by atoms with Gasteiger partial charge in [-0.2, -0.15) is 0 Å². The number of rotatable bonds is 2. The minimum Gasteiger partial charge on any atom is -0.490 e. The molecule has 1 heterocycles. The predicted molar refractivity (Wildman–Crippen MR) is 51.1 cm³/mol. The standard InChI is InChI=1S/C10H17NO2/c1-10(2,3)9(11)8(12)7-5-4-6-13-7/h5,9H,4,6,11H2,1-3H3. The van der Waals surface area contributed by atoms with Gasteiger partial charge in [0, 0.05) is 6.42 Å². The average Bonchev–Trinajstić information content (AvgIpc) is 2.51. The maximum Gasteiger partial charge on any atom is 0.214 e. The monoisotopic (exact) mass is 183 g/mol. The van der Waals surface area contributed by atoms with Crippen molar-refractivity contribution in [3.8, 4) is 0 Å². The highest BCUT2D eigenvalue weighted by molar-refractivity contribution is 5.98. The fourth-order valence-electron chi connectivity index (χ4n) is 1.14. The molecule has 3 nitrogen and oxygen atoms in total. The fourth-order valence-corrected chi connectivity index (χ4v) is 1.14. The second-order valence-corrected chi connectivity index (χ2v) is 4.41. The van der Waals surface area contributed by atoms with Gasteiger partial charge in [-0.15, -0.1) is 0 Å². The largest absolute Gasteiger partial charge is 0.490 e. The van der Waals surface area contributed by atoms with E-state index in [0.717, 1.165) is 6.42 Å². The molecule has 0 amide bonds. The topological polar surface area (TPSA) is 52.3 Å². The van der Waals surface area contributed by atoms with Crippen molar-refractivity contribution in [2.75, 3.05) is 6.61 Å². The Bertz CT molecular complexity index is 238. The molecule has 74 valence electrons. The molecule has 13 heavy (non-hydrogen) atoms. The zero-order valence-corrected chi connectivity index (χ0v) is 8.46. The van der Waals surface area contributed by atoms with Gasteiger partial charge in [0.25, 0.3) is 0 Å². The highest BCUT2D eigenvalue weighted by atomic mass is 16.5. The maximum atomic E-state index is 11.7. The Morgan fingerprint density at radius 3 is 2.62 bits per heavy atom. The average molecular weight is 183 g/mol. The lowest BCUT2D eigenvalue weighted by molar-refractivity contribution is -0.121. The lowest BCUT2D eigenvalue weighted by atomic mass is 9.84. The van der Waals surface area contributed by atoms with E-state index in [2.05, 4.69) is 0 Å². The molecule has 1 aliphatic rings. The van der Waals surface area contributed by atoms with Gasteiger partial charge >= 0.3 is 0 Å². The second kappa shape index (κ2) is 3.50. The summed E-state index contributed by atoms with van der Waals surface area (Å²) < 4.78 is 5.16. The Kier molecular flexibility index (Phi) is 2.76. The second-order valence-electron chi connectivity index (χ2n) is 4.41. The SMILES string of the molecule is CC(C)(C)C(N)C(=O)C1=CCCO1. The van der Waals surface area contributed by atoms with E-state index in [4.69, 9.17) is 10.5 Å². The number of hydrogen-bond donors (Lipinski definition) is 1. The first-order valence-electron chi connectivity index (χ1n) is 4.55. The molecule has 0 aliphatic carbocycles. The molecule has 2 N–H and O–H groups in total. The maximum absolute atomic E-state index is 11.7. The molecule has 1 unspecified atom stereocenters.